The summed E-state index contributed by atoms with van der Waals surface area (Å²) in [5, 5.41) is 7.20. The van der Waals surface area contributed by atoms with Crippen molar-refractivity contribution in [3.05, 3.63) is 29.0 Å². The maximum atomic E-state index is 5.80. The number of aliphatic imine (C=N–C) groups is 1. The Morgan fingerprint density at radius 3 is 2.76 bits per heavy atom. The summed E-state index contributed by atoms with van der Waals surface area (Å²) in [4.78, 5) is 11.2. The molecule has 0 aromatic carbocycles. The van der Waals surface area contributed by atoms with E-state index in [0.29, 0.717) is 11.2 Å². The minimum atomic E-state index is 0. The Kier molecular flexibility index (Phi) is 11.4. The van der Waals surface area contributed by atoms with Gasteiger partial charge in [-0.15, -0.1) is 24.0 Å². The molecule has 1 atom stereocenters. The third kappa shape index (κ3) is 8.52. The third-order valence-corrected chi connectivity index (χ3v) is 4.25. The average molecular weight is 482 g/mol. The lowest BCUT2D eigenvalue weighted by Crippen LogP contribution is -2.44. The maximum absolute atomic E-state index is 5.80. The van der Waals surface area contributed by atoms with Crippen LogP contribution < -0.4 is 10.6 Å². The number of ether oxygens (including phenoxy) is 1. The van der Waals surface area contributed by atoms with Crippen LogP contribution in [0.4, 0.5) is 0 Å². The smallest absolute Gasteiger partial charge is 0.191 e. The van der Waals surface area contributed by atoms with E-state index >= 15 is 0 Å². The van der Waals surface area contributed by atoms with E-state index in [2.05, 4.69) is 34.4 Å². The van der Waals surface area contributed by atoms with Gasteiger partial charge in [-0.3, -0.25) is 9.89 Å². The van der Waals surface area contributed by atoms with Crippen LogP contribution in [0.25, 0.3) is 0 Å². The van der Waals surface area contributed by atoms with Gasteiger partial charge in [-0.2, -0.15) is 0 Å². The fourth-order valence-corrected chi connectivity index (χ4v) is 2.69. The topological polar surface area (TPSA) is 61.8 Å². The van der Waals surface area contributed by atoms with Crippen molar-refractivity contribution in [1.29, 1.82) is 0 Å². The molecule has 6 nitrogen and oxygen atoms in total. The van der Waals surface area contributed by atoms with E-state index in [4.69, 9.17) is 21.3 Å². The van der Waals surface area contributed by atoms with E-state index in [0.717, 1.165) is 63.9 Å². The SMILES string of the molecule is CCNC(=NCC(C)N1CCOCC1)NCCc1ccc(Cl)nc1.I. The zero-order chi connectivity index (χ0) is 17.2. The number of nitrogens with one attached hydrogen (secondary N) is 2. The van der Waals surface area contributed by atoms with Gasteiger partial charge in [-0.05, 0) is 31.9 Å². The highest BCUT2D eigenvalue weighted by molar-refractivity contribution is 14.0. The second kappa shape index (κ2) is 12.7. The molecular formula is C17H29ClIN5O. The number of hydrogen-bond donors (Lipinski definition) is 2. The van der Waals surface area contributed by atoms with Crippen molar-refractivity contribution in [1.82, 2.24) is 20.5 Å². The van der Waals surface area contributed by atoms with Crippen molar-refractivity contribution in [3.63, 3.8) is 0 Å². The van der Waals surface area contributed by atoms with E-state index in [-0.39, 0.29) is 24.0 Å². The van der Waals surface area contributed by atoms with Crippen molar-refractivity contribution >= 4 is 41.5 Å². The molecule has 8 heteroatoms. The quantitative estimate of drug-likeness (QED) is 0.271. The van der Waals surface area contributed by atoms with Crippen LogP contribution in [0.2, 0.25) is 5.15 Å². The molecule has 142 valence electrons. The van der Waals surface area contributed by atoms with Crippen molar-refractivity contribution < 1.29 is 4.74 Å². The fourth-order valence-electron chi connectivity index (χ4n) is 2.58. The predicted molar refractivity (Wildman–Crippen MR) is 114 cm³/mol. The van der Waals surface area contributed by atoms with Crippen LogP contribution in [-0.4, -0.2) is 67.8 Å². The van der Waals surface area contributed by atoms with E-state index in [1.807, 2.05) is 18.3 Å². The van der Waals surface area contributed by atoms with Crippen LogP contribution >= 0.6 is 35.6 Å². The van der Waals surface area contributed by atoms with Gasteiger partial charge in [0.2, 0.25) is 0 Å². The summed E-state index contributed by atoms with van der Waals surface area (Å²) in [6.45, 7) is 10.3. The highest BCUT2D eigenvalue weighted by atomic mass is 127. The molecule has 0 spiro atoms. The van der Waals surface area contributed by atoms with Gasteiger partial charge in [0.1, 0.15) is 5.15 Å². The maximum Gasteiger partial charge on any atom is 0.191 e. The molecule has 1 saturated heterocycles. The van der Waals surface area contributed by atoms with Crippen LogP contribution in [0, 0.1) is 0 Å². The highest BCUT2D eigenvalue weighted by Gasteiger charge is 2.16. The molecule has 1 aliphatic heterocycles. The van der Waals surface area contributed by atoms with Gasteiger partial charge in [0.25, 0.3) is 0 Å². The lowest BCUT2D eigenvalue weighted by Gasteiger charge is -2.31. The van der Waals surface area contributed by atoms with E-state index in [9.17, 15) is 0 Å². The number of nitrogens with zero attached hydrogens (tertiary/aromatic N) is 3. The average Bonchev–Trinajstić information content (AvgIpc) is 2.62. The van der Waals surface area contributed by atoms with Crippen LogP contribution in [-0.2, 0) is 11.2 Å². The summed E-state index contributed by atoms with van der Waals surface area (Å²) < 4.78 is 5.40. The zero-order valence-electron chi connectivity index (χ0n) is 15.0. The minimum absolute atomic E-state index is 0. The van der Waals surface area contributed by atoms with Gasteiger partial charge in [0, 0.05) is 38.4 Å². The van der Waals surface area contributed by atoms with Crippen molar-refractivity contribution in [2.75, 3.05) is 45.9 Å². The van der Waals surface area contributed by atoms with Gasteiger partial charge < -0.3 is 15.4 Å². The standard InChI is InChI=1S/C17H28ClN5O.HI/c1-3-19-17(20-7-6-15-4-5-16(18)21-13-15)22-12-14(2)23-8-10-24-11-9-23;/h4-5,13-14H,3,6-12H2,1-2H3,(H2,19,20,22);1H. The number of halogens is 2. The second-order valence-corrected chi connectivity index (χ2v) is 6.27. The number of guanidine groups is 1. The molecule has 0 radical (unpaired) electrons. The first-order chi connectivity index (χ1) is 11.7. The second-order valence-electron chi connectivity index (χ2n) is 5.88. The molecule has 0 aliphatic carbocycles. The number of aromatic nitrogens is 1. The summed E-state index contributed by atoms with van der Waals surface area (Å²) in [6.07, 6.45) is 2.70. The van der Waals surface area contributed by atoms with Crippen molar-refractivity contribution in [3.8, 4) is 0 Å². The first-order valence-corrected chi connectivity index (χ1v) is 9.01. The molecule has 0 amide bonds. The van der Waals surface area contributed by atoms with Crippen molar-refractivity contribution in [2.45, 2.75) is 26.3 Å². The molecule has 1 aromatic heterocycles. The summed E-state index contributed by atoms with van der Waals surface area (Å²) in [7, 11) is 0. The van der Waals surface area contributed by atoms with Crippen LogP contribution in [0.15, 0.2) is 23.3 Å². The Morgan fingerprint density at radius 1 is 1.36 bits per heavy atom. The Labute approximate surface area is 172 Å². The Balaban J connectivity index is 0.00000312. The number of pyridine rings is 1. The molecule has 1 unspecified atom stereocenters. The van der Waals surface area contributed by atoms with Gasteiger partial charge in [-0.25, -0.2) is 4.98 Å². The monoisotopic (exact) mass is 481 g/mol. The summed E-state index contributed by atoms with van der Waals surface area (Å²) >= 11 is 5.80. The molecule has 0 saturated carbocycles. The number of hydrogen-bond acceptors (Lipinski definition) is 4. The van der Waals surface area contributed by atoms with Crippen LogP contribution in [0.5, 0.6) is 0 Å². The summed E-state index contributed by atoms with van der Waals surface area (Å²) in [5.74, 6) is 0.861. The summed E-state index contributed by atoms with van der Waals surface area (Å²) in [5.41, 5.74) is 1.16. The zero-order valence-corrected chi connectivity index (χ0v) is 18.1. The highest BCUT2D eigenvalue weighted by Crippen LogP contribution is 2.05. The van der Waals surface area contributed by atoms with Crippen molar-refractivity contribution in [2.24, 2.45) is 4.99 Å². The lowest BCUT2D eigenvalue weighted by molar-refractivity contribution is 0.0220. The third-order valence-electron chi connectivity index (χ3n) is 4.02. The molecule has 2 rings (SSSR count). The number of morpholine rings is 1. The Hall–Kier alpha value is -0.640. The van der Waals surface area contributed by atoms with Gasteiger partial charge in [0.05, 0.1) is 19.8 Å². The van der Waals surface area contributed by atoms with Gasteiger partial charge in [-0.1, -0.05) is 17.7 Å². The van der Waals surface area contributed by atoms with E-state index in [1.54, 1.807) is 0 Å². The Morgan fingerprint density at radius 2 is 2.12 bits per heavy atom. The minimum Gasteiger partial charge on any atom is -0.379 e. The first-order valence-electron chi connectivity index (χ1n) is 8.63. The molecule has 1 aromatic rings. The molecule has 25 heavy (non-hydrogen) atoms. The molecular weight excluding hydrogens is 453 g/mol. The van der Waals surface area contributed by atoms with Gasteiger partial charge >= 0.3 is 0 Å². The summed E-state index contributed by atoms with van der Waals surface area (Å²) in [6, 6.07) is 4.24. The van der Waals surface area contributed by atoms with Crippen LogP contribution in [0.1, 0.15) is 19.4 Å². The largest absolute Gasteiger partial charge is 0.379 e. The molecule has 1 fully saturated rings. The molecule has 2 N–H and O–H groups in total. The molecule has 1 aliphatic rings. The first kappa shape index (κ1) is 22.4. The fraction of sp³-hybridized carbons (Fsp3) is 0.647. The van der Waals surface area contributed by atoms with Crippen LogP contribution in [0.3, 0.4) is 0 Å². The Bertz CT molecular complexity index is 508. The number of rotatable bonds is 7. The van der Waals surface area contributed by atoms with E-state index < -0.39 is 0 Å². The normalized spacial score (nSPS) is 16.8. The predicted octanol–water partition coefficient (Wildman–Crippen LogP) is 2.17. The lowest BCUT2D eigenvalue weighted by atomic mass is 10.2. The molecule has 0 bridgehead atoms. The molecule has 2 heterocycles. The van der Waals surface area contributed by atoms with E-state index in [1.165, 1.54) is 0 Å². The van der Waals surface area contributed by atoms with Gasteiger partial charge in [0.15, 0.2) is 5.96 Å².